The van der Waals surface area contributed by atoms with Gasteiger partial charge in [0.15, 0.2) is 5.82 Å². The van der Waals surface area contributed by atoms with Crippen LogP contribution in [0.5, 0.6) is 0 Å². The number of carbonyl (C=O) groups is 1. The minimum absolute atomic E-state index is 0.0261. The van der Waals surface area contributed by atoms with Crippen LogP contribution in [0.4, 0.5) is 0 Å². The van der Waals surface area contributed by atoms with Crippen molar-refractivity contribution in [3.05, 3.63) is 36.2 Å². The Labute approximate surface area is 147 Å². The van der Waals surface area contributed by atoms with Gasteiger partial charge in [-0.3, -0.25) is 4.79 Å². The lowest BCUT2D eigenvalue weighted by molar-refractivity contribution is -0.141. The van der Waals surface area contributed by atoms with Crippen molar-refractivity contribution in [1.29, 1.82) is 0 Å². The average Bonchev–Trinajstić information content (AvgIpc) is 3.00. The third-order valence-electron chi connectivity index (χ3n) is 5.69. The predicted octanol–water partition coefficient (Wildman–Crippen LogP) is 1.79. The van der Waals surface area contributed by atoms with Gasteiger partial charge in [-0.25, -0.2) is 0 Å². The summed E-state index contributed by atoms with van der Waals surface area (Å²) in [5, 5.41) is 18.8. The maximum Gasteiger partial charge on any atom is 0.230 e. The summed E-state index contributed by atoms with van der Waals surface area (Å²) in [4.78, 5) is 14.7. The number of benzene rings is 1. The summed E-state index contributed by atoms with van der Waals surface area (Å²) in [5.74, 6) is 2.13. The molecule has 2 fully saturated rings. The highest BCUT2D eigenvalue weighted by molar-refractivity contribution is 5.78. The summed E-state index contributed by atoms with van der Waals surface area (Å²) in [6.45, 7) is 0.745. The second-order valence-corrected chi connectivity index (χ2v) is 7.23. The Kier molecular flexibility index (Phi) is 4.29. The molecule has 1 saturated heterocycles. The van der Waals surface area contributed by atoms with E-state index in [1.807, 2.05) is 46.8 Å². The van der Waals surface area contributed by atoms with Gasteiger partial charge in [-0.05, 0) is 31.6 Å². The fraction of sp³-hybridized carbons (Fsp3) is 0.526. The van der Waals surface area contributed by atoms with E-state index in [1.54, 1.807) is 0 Å². The number of aliphatic hydroxyl groups excluding tert-OH is 1. The molecule has 25 heavy (non-hydrogen) atoms. The second-order valence-electron chi connectivity index (χ2n) is 7.23. The van der Waals surface area contributed by atoms with Crippen molar-refractivity contribution in [2.24, 2.45) is 13.0 Å². The predicted molar refractivity (Wildman–Crippen MR) is 93.6 cm³/mol. The van der Waals surface area contributed by atoms with Crippen LogP contribution < -0.4 is 0 Å². The van der Waals surface area contributed by atoms with Gasteiger partial charge < -0.3 is 14.6 Å². The maximum absolute atomic E-state index is 12.8. The Morgan fingerprint density at radius 2 is 2.00 bits per heavy atom. The second kappa shape index (κ2) is 6.59. The number of fused-ring (bicyclic) bond motifs is 2. The molecule has 2 bridgehead atoms. The van der Waals surface area contributed by atoms with Crippen molar-refractivity contribution in [3.8, 4) is 11.4 Å². The smallest absolute Gasteiger partial charge is 0.230 e. The first kappa shape index (κ1) is 16.3. The molecule has 1 aliphatic carbocycles. The Hall–Kier alpha value is -2.21. The number of aromatic nitrogens is 3. The van der Waals surface area contributed by atoms with E-state index in [1.165, 1.54) is 0 Å². The van der Waals surface area contributed by atoms with Crippen molar-refractivity contribution in [1.82, 2.24) is 19.7 Å². The number of piperidine rings is 1. The van der Waals surface area contributed by atoms with Crippen LogP contribution in [-0.2, 0) is 18.3 Å². The molecule has 1 aromatic heterocycles. The summed E-state index contributed by atoms with van der Waals surface area (Å²) in [6, 6.07) is 9.83. The highest BCUT2D eigenvalue weighted by Crippen LogP contribution is 2.35. The summed E-state index contributed by atoms with van der Waals surface area (Å²) in [6.07, 6.45) is 3.71. The number of amides is 1. The molecule has 1 amide bonds. The van der Waals surface area contributed by atoms with Crippen molar-refractivity contribution >= 4 is 5.91 Å². The number of hydrogen-bond acceptors (Lipinski definition) is 4. The Bertz CT molecular complexity index is 758. The minimum Gasteiger partial charge on any atom is -0.391 e. The zero-order valence-corrected chi connectivity index (χ0v) is 14.5. The van der Waals surface area contributed by atoms with Gasteiger partial charge in [0.1, 0.15) is 5.82 Å². The molecule has 1 saturated carbocycles. The van der Waals surface area contributed by atoms with E-state index in [-0.39, 0.29) is 24.5 Å². The molecule has 6 nitrogen and oxygen atoms in total. The lowest BCUT2D eigenvalue weighted by atomic mass is 9.78. The van der Waals surface area contributed by atoms with Crippen LogP contribution >= 0.6 is 0 Å². The molecular weight excluding hydrogens is 316 g/mol. The number of likely N-dealkylation sites (tertiary alicyclic amines) is 1. The van der Waals surface area contributed by atoms with E-state index >= 15 is 0 Å². The maximum atomic E-state index is 12.8. The molecule has 6 heteroatoms. The van der Waals surface area contributed by atoms with Gasteiger partial charge in [0.05, 0.1) is 18.6 Å². The van der Waals surface area contributed by atoms with Gasteiger partial charge in [0.25, 0.3) is 0 Å². The van der Waals surface area contributed by atoms with Gasteiger partial charge in [0.2, 0.25) is 5.91 Å². The average molecular weight is 340 g/mol. The van der Waals surface area contributed by atoms with Gasteiger partial charge >= 0.3 is 0 Å². The van der Waals surface area contributed by atoms with Crippen LogP contribution in [0.15, 0.2) is 30.3 Å². The fourth-order valence-electron chi connectivity index (χ4n) is 4.20. The molecule has 2 heterocycles. The molecule has 1 aliphatic heterocycles. The molecule has 1 N–H and O–H groups in total. The molecule has 2 aliphatic rings. The van der Waals surface area contributed by atoms with Gasteiger partial charge in [-0.1, -0.05) is 30.3 Å². The van der Waals surface area contributed by atoms with Crippen molar-refractivity contribution in [2.75, 3.05) is 6.54 Å². The minimum atomic E-state index is -0.389. The van der Waals surface area contributed by atoms with E-state index in [2.05, 4.69) is 10.2 Å². The van der Waals surface area contributed by atoms with Crippen LogP contribution in [0.1, 0.15) is 31.5 Å². The molecule has 132 valence electrons. The van der Waals surface area contributed by atoms with Crippen molar-refractivity contribution in [2.45, 2.75) is 44.2 Å². The van der Waals surface area contributed by atoms with Crippen molar-refractivity contribution < 1.29 is 9.90 Å². The molecule has 2 aromatic rings. The van der Waals surface area contributed by atoms with Crippen LogP contribution in [0.3, 0.4) is 0 Å². The monoisotopic (exact) mass is 340 g/mol. The first-order valence-corrected chi connectivity index (χ1v) is 9.04. The number of hydrogen-bond donors (Lipinski definition) is 1. The van der Waals surface area contributed by atoms with E-state index in [4.69, 9.17) is 0 Å². The standard InChI is InChI=1S/C19H24N4O2/c1-22-17(20-21-19(22)14-5-3-2-4-6-14)12-18(25)23-10-9-13-7-8-16(24)15(23)11-13/h2-6,13,15-16,24H,7-12H2,1H3. The highest BCUT2D eigenvalue weighted by Gasteiger charge is 2.39. The zero-order chi connectivity index (χ0) is 17.4. The van der Waals surface area contributed by atoms with E-state index < -0.39 is 0 Å². The molecule has 4 rings (SSSR count). The zero-order valence-electron chi connectivity index (χ0n) is 14.5. The first-order valence-electron chi connectivity index (χ1n) is 9.04. The van der Waals surface area contributed by atoms with Crippen LogP contribution in [-0.4, -0.2) is 49.4 Å². The number of aliphatic hydroxyl groups is 1. The van der Waals surface area contributed by atoms with Crippen LogP contribution in [0.25, 0.3) is 11.4 Å². The highest BCUT2D eigenvalue weighted by atomic mass is 16.3. The van der Waals surface area contributed by atoms with Crippen LogP contribution in [0, 0.1) is 5.92 Å². The lowest BCUT2D eigenvalue weighted by Gasteiger charge is -2.45. The SMILES string of the molecule is Cn1c(CC(=O)N2CCC3CCC(O)C2C3)nnc1-c1ccccc1. The largest absolute Gasteiger partial charge is 0.391 e. The molecule has 3 atom stereocenters. The molecule has 1 aromatic carbocycles. The normalized spacial score (nSPS) is 25.8. The van der Waals surface area contributed by atoms with E-state index in [0.29, 0.717) is 11.7 Å². The Morgan fingerprint density at radius 1 is 1.20 bits per heavy atom. The van der Waals surface area contributed by atoms with Crippen LogP contribution in [0.2, 0.25) is 0 Å². The Morgan fingerprint density at radius 3 is 2.80 bits per heavy atom. The number of nitrogens with zero attached hydrogens (tertiary/aromatic N) is 4. The quantitative estimate of drug-likeness (QED) is 0.925. The number of rotatable bonds is 3. The summed E-state index contributed by atoms with van der Waals surface area (Å²) in [5.41, 5.74) is 0.986. The van der Waals surface area contributed by atoms with Gasteiger partial charge in [-0.15, -0.1) is 10.2 Å². The van der Waals surface area contributed by atoms with E-state index in [0.717, 1.165) is 43.6 Å². The molecule has 0 radical (unpaired) electrons. The molecular formula is C19H24N4O2. The summed E-state index contributed by atoms with van der Waals surface area (Å²) >= 11 is 0. The third kappa shape index (κ3) is 3.06. The third-order valence-corrected chi connectivity index (χ3v) is 5.69. The summed E-state index contributed by atoms with van der Waals surface area (Å²) < 4.78 is 1.89. The van der Waals surface area contributed by atoms with Gasteiger partial charge in [0, 0.05) is 19.2 Å². The fourth-order valence-corrected chi connectivity index (χ4v) is 4.20. The number of carbonyl (C=O) groups excluding carboxylic acids is 1. The first-order chi connectivity index (χ1) is 12.1. The summed E-state index contributed by atoms with van der Waals surface area (Å²) in [7, 11) is 1.90. The van der Waals surface area contributed by atoms with Gasteiger partial charge in [-0.2, -0.15) is 0 Å². The van der Waals surface area contributed by atoms with E-state index in [9.17, 15) is 9.90 Å². The van der Waals surface area contributed by atoms with Crippen molar-refractivity contribution in [3.63, 3.8) is 0 Å². The lowest BCUT2D eigenvalue weighted by Crippen LogP contribution is -2.54. The molecule has 3 unspecified atom stereocenters. The topological polar surface area (TPSA) is 71.2 Å². The Balaban J connectivity index is 1.51. The molecule has 0 spiro atoms.